The van der Waals surface area contributed by atoms with Crippen LogP contribution in [0.25, 0.3) is 0 Å². The Balaban J connectivity index is 0.000000212. The first-order chi connectivity index (χ1) is 66.3. The molecule has 12 rings (SSSR count). The molecule has 0 aliphatic rings. The Labute approximate surface area is 807 Å². The second-order valence-corrected chi connectivity index (χ2v) is 39.5. The fourth-order valence-corrected chi connectivity index (χ4v) is 20.4. The molecule has 138 heavy (non-hydrogen) atoms. The van der Waals surface area contributed by atoms with Gasteiger partial charge < -0.3 is 40.1 Å². The second kappa shape index (κ2) is 52.9. The lowest BCUT2D eigenvalue weighted by Gasteiger charge is -2.33. The number of ether oxygens (including phenoxy) is 5. The fourth-order valence-electron chi connectivity index (χ4n) is 14.8. The van der Waals surface area contributed by atoms with Crippen molar-refractivity contribution in [2.45, 2.75) is 126 Å². The molecule has 0 fully saturated rings. The van der Waals surface area contributed by atoms with Gasteiger partial charge in [0.1, 0.15) is 0 Å². The van der Waals surface area contributed by atoms with Crippen LogP contribution >= 0.6 is 0 Å². The van der Waals surface area contributed by atoms with E-state index in [4.69, 9.17) is 29.4 Å². The molecule has 30 heteroatoms. The summed E-state index contributed by atoms with van der Waals surface area (Å²) in [4.78, 5) is 103. The van der Waals surface area contributed by atoms with Gasteiger partial charge in [0.15, 0.2) is 66.7 Å². The summed E-state index contributed by atoms with van der Waals surface area (Å²) in [5, 5.41) is 25.3. The summed E-state index contributed by atoms with van der Waals surface area (Å²) < 4.78 is 127. The molecule has 5 unspecified atom stereocenters. The topological polar surface area (TPSA) is 417 Å². The van der Waals surface area contributed by atoms with Gasteiger partial charge >= 0.3 is 29.8 Å². The number of nitrogens with two attached hydrogens (primary N) is 1. The maximum atomic E-state index is 13.3. The van der Waals surface area contributed by atoms with Gasteiger partial charge in [0.05, 0.1) is 87.8 Å². The molecule has 0 aliphatic heterocycles. The highest BCUT2D eigenvalue weighted by molar-refractivity contribution is 7.92. The molecule has 0 bridgehead atoms. The number of esters is 5. The smallest absolute Gasteiger partial charge is 0.336 e. The maximum absolute atomic E-state index is 13.3. The molecule has 0 saturated carbocycles. The highest BCUT2D eigenvalue weighted by Crippen LogP contribution is 2.37. The average Bonchev–Trinajstić information content (AvgIpc) is 0.779. The van der Waals surface area contributed by atoms with Gasteiger partial charge in [-0.1, -0.05) is 291 Å². The van der Waals surface area contributed by atoms with E-state index >= 15 is 0 Å². The number of hydrogen-bond acceptors (Lipinski definition) is 23. The van der Waals surface area contributed by atoms with Gasteiger partial charge in [0.25, 0.3) is 11.8 Å². The highest BCUT2D eigenvalue weighted by Gasteiger charge is 2.50. The quantitative estimate of drug-likeness (QED) is 0.0182. The number of nitriles is 2. The van der Waals surface area contributed by atoms with Crippen molar-refractivity contribution in [3.05, 3.63) is 408 Å². The number of nitrogens with zero attached hydrogens (tertiary/aromatic N) is 2. The van der Waals surface area contributed by atoms with E-state index in [1.807, 2.05) is 66.7 Å². The number of carbonyl (C=O) groups is 8. The van der Waals surface area contributed by atoms with Crippen molar-refractivity contribution in [3.63, 3.8) is 0 Å². The molecule has 0 spiro atoms. The minimum atomic E-state index is -3.71. The van der Waals surface area contributed by atoms with Crippen molar-refractivity contribution in [2.24, 2.45) is 5.73 Å². The maximum Gasteiger partial charge on any atom is 0.336 e. The third kappa shape index (κ3) is 29.1. The van der Waals surface area contributed by atoms with Crippen molar-refractivity contribution in [1.29, 1.82) is 10.5 Å². The van der Waals surface area contributed by atoms with Crippen LogP contribution in [0, 0.1) is 22.7 Å². The molecule has 4 N–H and O–H groups in total. The minimum absolute atomic E-state index is 0.0478. The average molecular weight is 1940 g/mol. The SMILES string of the molecule is CCOC(=O)C(C#N)(CCS(=O)(=O)c1ccccc1)c1ccccc1.CCOC(=O)C(C#N)(CCS(=O)(=O)c1ccccc1)c1ccccc1.CCOC(=O)C(CCCc1ccccc1)(NC(=O)c1ccccc1)c1ccccc1.CCOC(=O)C(CCS(=O)(=O)c1ccccc1)(C(N)=O)c1ccccc1.CCOC(=O)C(CCS(=O)(=O)c1ccccc1)(NC(=O)c1ccccc1)c1ccccc1. The van der Waals surface area contributed by atoms with Gasteiger partial charge in [-0.15, -0.1) is 0 Å². The van der Waals surface area contributed by atoms with E-state index in [1.165, 1.54) is 54.1 Å². The van der Waals surface area contributed by atoms with Crippen LogP contribution in [0.5, 0.6) is 0 Å². The molecule has 3 amide bonds. The summed E-state index contributed by atoms with van der Waals surface area (Å²) in [5.74, 6) is -6.64. The van der Waals surface area contributed by atoms with Gasteiger partial charge in [-0.25, -0.2) is 52.8 Å². The Hall–Kier alpha value is -14.8. The normalized spacial score (nSPS) is 13.2. The van der Waals surface area contributed by atoms with Crippen LogP contribution in [0.15, 0.2) is 384 Å². The van der Waals surface area contributed by atoms with Crippen LogP contribution in [0.2, 0.25) is 0 Å². The third-order valence-electron chi connectivity index (χ3n) is 22.2. The van der Waals surface area contributed by atoms with Crippen LogP contribution in [-0.2, 0) is 126 Å². The number of primary amides is 1. The summed E-state index contributed by atoms with van der Waals surface area (Å²) in [7, 11) is -14.6. The number of aryl methyl sites for hydroxylation is 1. The van der Waals surface area contributed by atoms with Crippen LogP contribution in [0.1, 0.15) is 127 Å². The molecule has 0 heterocycles. The molecule has 0 aromatic heterocycles. The minimum Gasteiger partial charge on any atom is -0.465 e. The van der Waals surface area contributed by atoms with E-state index < -0.39 is 114 Å². The number of amides is 3. The molecular weight excluding hydrogens is 1830 g/mol. The zero-order chi connectivity index (χ0) is 100. The van der Waals surface area contributed by atoms with Crippen molar-refractivity contribution in [1.82, 2.24) is 10.6 Å². The zero-order valence-electron chi connectivity index (χ0n) is 77.1. The first-order valence-corrected chi connectivity index (χ1v) is 51.1. The first kappa shape index (κ1) is 109. The summed E-state index contributed by atoms with van der Waals surface area (Å²) in [6, 6.07) is 106. The van der Waals surface area contributed by atoms with Crippen molar-refractivity contribution >= 4 is 86.9 Å². The van der Waals surface area contributed by atoms with Gasteiger partial charge in [0, 0.05) is 11.1 Å². The lowest BCUT2D eigenvalue weighted by atomic mass is 9.77. The highest BCUT2D eigenvalue weighted by atomic mass is 32.2. The number of hydrogen-bond donors (Lipinski definition) is 3. The molecule has 5 atom stereocenters. The Kier molecular flexibility index (Phi) is 41.6. The van der Waals surface area contributed by atoms with E-state index in [0.717, 1.165) is 12.0 Å². The monoisotopic (exact) mass is 1940 g/mol. The molecule has 718 valence electrons. The van der Waals surface area contributed by atoms with Gasteiger partial charge in [-0.2, -0.15) is 10.5 Å². The van der Waals surface area contributed by atoms with E-state index in [0.29, 0.717) is 46.2 Å². The summed E-state index contributed by atoms with van der Waals surface area (Å²) in [5.41, 5.74) is 1.87. The van der Waals surface area contributed by atoms with Crippen molar-refractivity contribution in [2.75, 3.05) is 56.0 Å². The molecule has 12 aromatic carbocycles. The summed E-state index contributed by atoms with van der Waals surface area (Å²) in [6.45, 7) is 8.93. The predicted molar refractivity (Wildman–Crippen MR) is 524 cm³/mol. The molecule has 26 nitrogen and oxygen atoms in total. The van der Waals surface area contributed by atoms with Crippen LogP contribution < -0.4 is 16.4 Å². The van der Waals surface area contributed by atoms with Gasteiger partial charge in [-0.3, -0.25) is 19.2 Å². The molecule has 12 aromatic rings. The van der Waals surface area contributed by atoms with E-state index in [-0.39, 0.29) is 101 Å². The predicted octanol–water partition coefficient (Wildman–Crippen LogP) is 16.2. The number of benzene rings is 12. The Morgan fingerprint density at radius 3 is 0.797 bits per heavy atom. The van der Waals surface area contributed by atoms with Crippen molar-refractivity contribution in [3.8, 4) is 12.1 Å². The Bertz CT molecular complexity index is 6370. The van der Waals surface area contributed by atoms with E-state index in [2.05, 4.69) is 22.8 Å². The number of nitrogens with one attached hydrogen (secondary N) is 2. The van der Waals surface area contributed by atoms with Crippen LogP contribution in [0.4, 0.5) is 0 Å². The lowest BCUT2D eigenvalue weighted by molar-refractivity contribution is -0.155. The molecule has 0 saturated heterocycles. The van der Waals surface area contributed by atoms with E-state index in [9.17, 15) is 82.6 Å². The third-order valence-corrected chi connectivity index (χ3v) is 29.2. The van der Waals surface area contributed by atoms with Gasteiger partial charge in [0.2, 0.25) is 5.91 Å². The van der Waals surface area contributed by atoms with Gasteiger partial charge in [-0.05, 0) is 186 Å². The summed E-state index contributed by atoms with van der Waals surface area (Å²) in [6.07, 6.45) is 1.10. The number of rotatable bonds is 40. The van der Waals surface area contributed by atoms with Crippen LogP contribution in [0.3, 0.4) is 0 Å². The Morgan fingerprint density at radius 1 is 0.283 bits per heavy atom. The number of carbonyl (C=O) groups excluding carboxylic acids is 8. The Morgan fingerprint density at radius 2 is 0.514 bits per heavy atom. The summed E-state index contributed by atoms with van der Waals surface area (Å²) >= 11 is 0. The van der Waals surface area contributed by atoms with E-state index in [1.54, 1.807) is 283 Å². The standard InChI is InChI=1S/C26H27NO3.C25H25NO5S.C19H21NO5S.2C19H19NO4S/c1-2-30-25(29)26(23-18-10-5-11-19-23,20-12-15-21-13-6-3-7-14-21)27-24(28)22-16-8-4-9-17-22;1-2-31-24(28)25(21-14-8-4-9-15-21,26-23(27)20-12-6-3-7-13-20)18-19-32(29,30)22-16-10-5-11-17-22;1-2-25-18(22)19(17(20)21,15-9-5-3-6-10-15)13-14-26(23,24)16-11-7-4-8-12-16;2*1-2-24-18(21)19(15-20,16-9-5-3-6-10-16)13-14-25(22,23)17-11-7-4-8-12-17/h3-11,13-14,16-19H,2,12,15,20H2,1H3,(H,27,28);3-17H,2,18-19H2,1H3,(H,26,27);3-12H,2,13-14H2,1H3,(H2,20,21);2*3-12H,2,13-14H2,1H3. The molecule has 0 radical (unpaired) electrons. The van der Waals surface area contributed by atoms with Crippen molar-refractivity contribution < 1.29 is 95.7 Å². The lowest BCUT2D eigenvalue weighted by Crippen LogP contribution is -2.53. The second-order valence-electron chi connectivity index (χ2n) is 31.1. The van der Waals surface area contributed by atoms with Crippen LogP contribution in [-0.4, -0.2) is 137 Å². The number of sulfone groups is 4. The first-order valence-electron chi connectivity index (χ1n) is 44.5. The molecular formula is C108H111N5O21S4. The fraction of sp³-hybridized carbons (Fsp3) is 0.241. The largest absolute Gasteiger partial charge is 0.465 e. The zero-order valence-corrected chi connectivity index (χ0v) is 80.4. The molecule has 0 aliphatic carbocycles.